The second-order valence-corrected chi connectivity index (χ2v) is 5.50. The highest BCUT2D eigenvalue weighted by atomic mass is 19.1. The van der Waals surface area contributed by atoms with Gasteiger partial charge in [-0.15, -0.1) is 0 Å². The maximum atomic E-state index is 13.4. The number of hydrogen-bond donors (Lipinski definition) is 2. The molecule has 2 aromatic rings. The Bertz CT molecular complexity index is 735. The minimum atomic E-state index is -0.826. The zero-order valence-electron chi connectivity index (χ0n) is 13.0. The Labute approximate surface area is 139 Å². The van der Waals surface area contributed by atoms with Crippen molar-refractivity contribution in [2.24, 2.45) is 0 Å². The molecule has 0 fully saturated rings. The van der Waals surface area contributed by atoms with Crippen LogP contribution in [-0.2, 0) is 11.2 Å². The summed E-state index contributed by atoms with van der Waals surface area (Å²) in [5.74, 6) is -0.0902. The van der Waals surface area contributed by atoms with Crippen molar-refractivity contribution in [2.75, 3.05) is 19.8 Å². The molecule has 6 heteroatoms. The lowest BCUT2D eigenvalue weighted by Crippen LogP contribution is -2.32. The van der Waals surface area contributed by atoms with Crippen molar-refractivity contribution in [1.82, 2.24) is 5.32 Å². The molecule has 0 bridgehead atoms. The first-order valence-corrected chi connectivity index (χ1v) is 7.71. The highest BCUT2D eigenvalue weighted by Crippen LogP contribution is 2.28. The molecule has 1 heterocycles. The Morgan fingerprint density at radius 3 is 3.00 bits per heavy atom. The van der Waals surface area contributed by atoms with Gasteiger partial charge < -0.3 is 19.9 Å². The predicted octanol–water partition coefficient (Wildman–Crippen LogP) is 1.99. The zero-order chi connectivity index (χ0) is 16.9. The number of nitrogens with one attached hydrogen (secondary N) is 1. The van der Waals surface area contributed by atoms with Crippen LogP contribution in [0.15, 0.2) is 42.5 Å². The Kier molecular flexibility index (Phi) is 4.96. The second-order valence-electron chi connectivity index (χ2n) is 5.50. The van der Waals surface area contributed by atoms with Crippen LogP contribution < -0.4 is 14.8 Å². The van der Waals surface area contributed by atoms with E-state index in [0.717, 1.165) is 23.3 Å². The van der Waals surface area contributed by atoms with Crippen molar-refractivity contribution >= 4 is 5.91 Å². The number of amides is 1. The van der Waals surface area contributed by atoms with Crippen LogP contribution in [0.25, 0.3) is 0 Å². The van der Waals surface area contributed by atoms with E-state index in [2.05, 4.69) is 5.32 Å². The molecule has 0 spiro atoms. The normalized spacial score (nSPS) is 13.8. The lowest BCUT2D eigenvalue weighted by Gasteiger charge is -2.13. The lowest BCUT2D eigenvalue weighted by atomic mass is 10.0. The third kappa shape index (κ3) is 3.83. The van der Waals surface area contributed by atoms with Crippen LogP contribution in [0.2, 0.25) is 0 Å². The number of hydrogen-bond acceptors (Lipinski definition) is 4. The fraction of sp³-hybridized carbons (Fsp3) is 0.278. The van der Waals surface area contributed by atoms with Gasteiger partial charge in [-0.05, 0) is 35.4 Å². The fourth-order valence-electron chi connectivity index (χ4n) is 2.50. The van der Waals surface area contributed by atoms with Crippen molar-refractivity contribution in [3.05, 3.63) is 59.4 Å². The van der Waals surface area contributed by atoms with Crippen LogP contribution in [0.1, 0.15) is 17.2 Å². The smallest absolute Gasteiger partial charge is 0.258 e. The van der Waals surface area contributed by atoms with Gasteiger partial charge in [-0.3, -0.25) is 4.79 Å². The number of halogens is 1. The van der Waals surface area contributed by atoms with E-state index < -0.39 is 17.8 Å². The van der Waals surface area contributed by atoms with Crippen molar-refractivity contribution in [3.8, 4) is 11.5 Å². The van der Waals surface area contributed by atoms with E-state index in [4.69, 9.17) is 9.47 Å². The van der Waals surface area contributed by atoms with E-state index in [1.165, 1.54) is 12.1 Å². The Morgan fingerprint density at radius 1 is 1.33 bits per heavy atom. The topological polar surface area (TPSA) is 67.8 Å². The van der Waals surface area contributed by atoms with Crippen molar-refractivity contribution < 1.29 is 23.8 Å². The van der Waals surface area contributed by atoms with E-state index in [9.17, 15) is 14.3 Å². The van der Waals surface area contributed by atoms with Gasteiger partial charge in [0.2, 0.25) is 0 Å². The highest BCUT2D eigenvalue weighted by Gasteiger charge is 2.16. The van der Waals surface area contributed by atoms with Gasteiger partial charge in [0, 0.05) is 13.0 Å². The second kappa shape index (κ2) is 7.31. The van der Waals surface area contributed by atoms with Crippen LogP contribution in [0, 0.1) is 5.82 Å². The van der Waals surface area contributed by atoms with E-state index in [1.807, 2.05) is 12.1 Å². The van der Waals surface area contributed by atoms with Crippen molar-refractivity contribution in [2.45, 2.75) is 12.5 Å². The number of aliphatic hydroxyl groups excluding tert-OH is 1. The molecule has 126 valence electrons. The molecule has 0 aliphatic carbocycles. The molecule has 3 rings (SSSR count). The number of benzene rings is 2. The maximum Gasteiger partial charge on any atom is 0.258 e. The first-order chi connectivity index (χ1) is 11.6. The molecule has 2 N–H and O–H groups in total. The minimum Gasteiger partial charge on any atom is -0.493 e. The zero-order valence-corrected chi connectivity index (χ0v) is 13.0. The number of fused-ring (bicyclic) bond motifs is 1. The molecule has 5 nitrogen and oxygen atoms in total. The molecule has 1 atom stereocenters. The Morgan fingerprint density at radius 2 is 2.17 bits per heavy atom. The van der Waals surface area contributed by atoms with Crippen LogP contribution in [0.3, 0.4) is 0 Å². The molecule has 1 aliphatic rings. The summed E-state index contributed by atoms with van der Waals surface area (Å²) < 4.78 is 23.9. The summed E-state index contributed by atoms with van der Waals surface area (Å²) in [6, 6.07) is 11.4. The summed E-state index contributed by atoms with van der Waals surface area (Å²) in [5.41, 5.74) is 1.77. The Hall–Kier alpha value is -2.60. The summed E-state index contributed by atoms with van der Waals surface area (Å²) in [5, 5.41) is 12.7. The molecular weight excluding hydrogens is 313 g/mol. The van der Waals surface area contributed by atoms with Gasteiger partial charge >= 0.3 is 0 Å². The first kappa shape index (κ1) is 16.3. The van der Waals surface area contributed by atoms with Crippen LogP contribution in [0.4, 0.5) is 4.39 Å². The maximum absolute atomic E-state index is 13.4. The van der Waals surface area contributed by atoms with Gasteiger partial charge in [-0.1, -0.05) is 18.2 Å². The number of rotatable bonds is 6. The minimum absolute atomic E-state index is 0.0202. The molecule has 0 saturated carbocycles. The summed E-state index contributed by atoms with van der Waals surface area (Å²) in [6.07, 6.45) is -0.00745. The van der Waals surface area contributed by atoms with Gasteiger partial charge in [0.05, 0.1) is 12.7 Å². The molecule has 0 unspecified atom stereocenters. The molecule has 1 amide bonds. The third-order valence-corrected chi connectivity index (χ3v) is 3.79. The summed E-state index contributed by atoms with van der Waals surface area (Å²) in [4.78, 5) is 11.8. The molecule has 24 heavy (non-hydrogen) atoms. The quantitative estimate of drug-likeness (QED) is 0.849. The molecule has 0 saturated heterocycles. The molecule has 0 aromatic heterocycles. The molecule has 0 radical (unpaired) electrons. The fourth-order valence-corrected chi connectivity index (χ4v) is 2.50. The average Bonchev–Trinajstić information content (AvgIpc) is 3.06. The predicted molar refractivity (Wildman–Crippen MR) is 85.5 cm³/mol. The third-order valence-electron chi connectivity index (χ3n) is 3.79. The van der Waals surface area contributed by atoms with E-state index in [0.29, 0.717) is 6.61 Å². The Balaban J connectivity index is 1.48. The van der Waals surface area contributed by atoms with Crippen molar-refractivity contribution in [1.29, 1.82) is 0 Å². The van der Waals surface area contributed by atoms with Crippen LogP contribution in [-0.4, -0.2) is 30.8 Å². The van der Waals surface area contributed by atoms with Gasteiger partial charge in [0.25, 0.3) is 5.91 Å². The van der Waals surface area contributed by atoms with Crippen molar-refractivity contribution in [3.63, 3.8) is 0 Å². The number of carbonyl (C=O) groups excluding carboxylic acids is 1. The van der Waals surface area contributed by atoms with Gasteiger partial charge in [-0.25, -0.2) is 4.39 Å². The highest BCUT2D eigenvalue weighted by molar-refractivity contribution is 5.77. The van der Waals surface area contributed by atoms with E-state index >= 15 is 0 Å². The summed E-state index contributed by atoms with van der Waals surface area (Å²) in [7, 11) is 0. The van der Waals surface area contributed by atoms with E-state index in [1.54, 1.807) is 18.2 Å². The number of ether oxygens (including phenoxy) is 2. The van der Waals surface area contributed by atoms with Gasteiger partial charge in [0.1, 0.15) is 5.75 Å². The van der Waals surface area contributed by atoms with E-state index in [-0.39, 0.29) is 18.9 Å². The van der Waals surface area contributed by atoms with Gasteiger partial charge in [-0.2, -0.15) is 0 Å². The number of carbonyl (C=O) groups is 1. The molecule has 2 aromatic carbocycles. The molecule has 1 aliphatic heterocycles. The largest absolute Gasteiger partial charge is 0.493 e. The summed E-state index contributed by atoms with van der Waals surface area (Å²) >= 11 is 0. The van der Waals surface area contributed by atoms with Crippen LogP contribution in [0.5, 0.6) is 11.5 Å². The molecular formula is C18H18FNO4. The number of aliphatic hydroxyl groups is 1. The number of para-hydroxylation sites is 1. The SMILES string of the molecule is O=C(COc1ccccc1F)NC[C@@H](O)c1ccc2c(c1)CCO2. The summed E-state index contributed by atoms with van der Waals surface area (Å²) in [6.45, 7) is 0.393. The average molecular weight is 331 g/mol. The standard InChI is InChI=1S/C18H18FNO4/c19-14-3-1-2-4-17(14)24-11-18(22)20-10-15(21)12-5-6-16-13(9-12)7-8-23-16/h1-6,9,15,21H,7-8,10-11H2,(H,20,22)/t15-/m1/s1. The lowest BCUT2D eigenvalue weighted by molar-refractivity contribution is -0.123. The van der Waals surface area contributed by atoms with Crippen LogP contribution >= 0.6 is 0 Å². The monoisotopic (exact) mass is 331 g/mol. The first-order valence-electron chi connectivity index (χ1n) is 7.71. The van der Waals surface area contributed by atoms with Gasteiger partial charge in [0.15, 0.2) is 18.2 Å².